The van der Waals surface area contributed by atoms with E-state index in [4.69, 9.17) is 16.2 Å². The topological polar surface area (TPSA) is 200 Å². The van der Waals surface area contributed by atoms with Crippen LogP contribution in [-0.2, 0) is 20.9 Å². The minimum atomic E-state index is -1.24. The van der Waals surface area contributed by atoms with Crippen LogP contribution in [0.2, 0.25) is 0 Å². The lowest BCUT2D eigenvalue weighted by Crippen LogP contribution is -2.41. The van der Waals surface area contributed by atoms with Crippen LogP contribution in [0.1, 0.15) is 49.7 Å². The number of fused-ring (bicyclic) bond motifs is 1. The van der Waals surface area contributed by atoms with Gasteiger partial charge in [-0.25, -0.2) is 14.8 Å². The molecule has 13 heteroatoms. The molecule has 0 fully saturated rings. The molecule has 3 aromatic rings. The third-order valence-corrected chi connectivity index (χ3v) is 5.13. The molecule has 37 heavy (non-hydrogen) atoms. The average Bonchev–Trinajstić information content (AvgIpc) is 2.80. The highest BCUT2D eigenvalue weighted by molar-refractivity contribution is 5.97. The fourth-order valence-electron chi connectivity index (χ4n) is 3.41. The minimum absolute atomic E-state index is 0.0195. The van der Waals surface area contributed by atoms with Gasteiger partial charge in [-0.2, -0.15) is 9.97 Å². The van der Waals surface area contributed by atoms with Gasteiger partial charge in [0.25, 0.3) is 5.91 Å². The zero-order valence-corrected chi connectivity index (χ0v) is 21.1. The van der Waals surface area contributed by atoms with E-state index in [1.165, 1.54) is 0 Å². The van der Waals surface area contributed by atoms with Crippen molar-refractivity contribution >= 4 is 46.5 Å². The Morgan fingerprint density at radius 2 is 1.78 bits per heavy atom. The number of carboxylic acids is 1. The number of amides is 1. The van der Waals surface area contributed by atoms with Gasteiger partial charge in [-0.15, -0.1) is 0 Å². The number of carboxylic acid groups (broad SMARTS) is 1. The Bertz CT molecular complexity index is 1310. The number of aromatic nitrogens is 4. The lowest BCUT2D eigenvalue weighted by Gasteiger charge is -2.21. The maximum absolute atomic E-state index is 12.6. The number of nitrogen functional groups attached to an aromatic ring is 2. The second-order valence-corrected chi connectivity index (χ2v) is 9.39. The highest BCUT2D eigenvalue weighted by atomic mass is 16.6. The van der Waals surface area contributed by atoms with Gasteiger partial charge < -0.3 is 31.5 Å². The first-order valence-electron chi connectivity index (χ1n) is 11.4. The summed E-state index contributed by atoms with van der Waals surface area (Å²) < 4.78 is 5.19. The zero-order valence-electron chi connectivity index (χ0n) is 21.1. The van der Waals surface area contributed by atoms with Gasteiger partial charge in [0.05, 0.1) is 18.4 Å². The fraction of sp³-hybridized carbons (Fsp3) is 0.375. The number of hydrogen-bond acceptors (Lipinski definition) is 11. The lowest BCUT2D eigenvalue weighted by atomic mass is 10.1. The summed E-state index contributed by atoms with van der Waals surface area (Å²) in [5.41, 5.74) is 13.1. The van der Waals surface area contributed by atoms with Crippen LogP contribution in [0.5, 0.6) is 0 Å². The van der Waals surface area contributed by atoms with Gasteiger partial charge in [-0.1, -0.05) is 0 Å². The number of anilines is 3. The van der Waals surface area contributed by atoms with Crippen LogP contribution in [-0.4, -0.2) is 61.6 Å². The third-order valence-electron chi connectivity index (χ3n) is 5.13. The maximum Gasteiger partial charge on any atom is 0.326 e. The molecule has 0 aliphatic rings. The number of rotatable bonds is 9. The van der Waals surface area contributed by atoms with Crippen molar-refractivity contribution in [3.05, 3.63) is 41.7 Å². The summed E-state index contributed by atoms with van der Waals surface area (Å²) in [5.74, 6) is -2.18. The van der Waals surface area contributed by atoms with E-state index in [1.807, 2.05) is 11.9 Å². The van der Waals surface area contributed by atoms with E-state index in [9.17, 15) is 19.5 Å². The molecule has 0 unspecified atom stereocenters. The van der Waals surface area contributed by atoms with Crippen molar-refractivity contribution in [1.82, 2.24) is 25.3 Å². The smallest absolute Gasteiger partial charge is 0.326 e. The minimum Gasteiger partial charge on any atom is -0.480 e. The number of carbonyl (C=O) groups is 3. The van der Waals surface area contributed by atoms with Gasteiger partial charge in [-0.05, 0) is 51.5 Å². The Morgan fingerprint density at radius 3 is 2.41 bits per heavy atom. The van der Waals surface area contributed by atoms with Gasteiger partial charge in [0.15, 0.2) is 17.0 Å². The molecule has 0 saturated carbocycles. The predicted octanol–water partition coefficient (Wildman–Crippen LogP) is 1.53. The first-order valence-corrected chi connectivity index (χ1v) is 11.4. The van der Waals surface area contributed by atoms with E-state index >= 15 is 0 Å². The Labute approximate surface area is 213 Å². The van der Waals surface area contributed by atoms with E-state index in [2.05, 4.69) is 25.3 Å². The summed E-state index contributed by atoms with van der Waals surface area (Å²) >= 11 is 0. The first kappa shape index (κ1) is 27.0. The Hall–Kier alpha value is -4.55. The summed E-state index contributed by atoms with van der Waals surface area (Å²) in [6.07, 6.45) is 1.34. The summed E-state index contributed by atoms with van der Waals surface area (Å²) in [5, 5.41) is 11.9. The average molecular weight is 511 g/mol. The second-order valence-electron chi connectivity index (χ2n) is 9.39. The van der Waals surface area contributed by atoms with Gasteiger partial charge in [0, 0.05) is 24.7 Å². The van der Waals surface area contributed by atoms with Crippen molar-refractivity contribution in [3.63, 3.8) is 0 Å². The lowest BCUT2D eigenvalue weighted by molar-refractivity contribution is -0.155. The van der Waals surface area contributed by atoms with Gasteiger partial charge >= 0.3 is 11.9 Å². The molecule has 13 nitrogen and oxygen atoms in total. The van der Waals surface area contributed by atoms with Crippen LogP contribution in [0.25, 0.3) is 11.2 Å². The maximum atomic E-state index is 12.6. The zero-order chi connectivity index (χ0) is 27.3. The molecule has 0 aliphatic carbocycles. The summed E-state index contributed by atoms with van der Waals surface area (Å²) in [4.78, 5) is 54.6. The number of hydrogen-bond donors (Lipinski definition) is 4. The van der Waals surface area contributed by atoms with Crippen molar-refractivity contribution in [2.24, 2.45) is 0 Å². The molecule has 2 aromatic heterocycles. The summed E-state index contributed by atoms with van der Waals surface area (Å²) in [6.45, 7) is 5.54. The fourth-order valence-corrected chi connectivity index (χ4v) is 3.41. The number of aliphatic carboxylic acids is 1. The number of ether oxygens (including phenoxy) is 1. The number of nitrogens with two attached hydrogens (primary N) is 2. The van der Waals surface area contributed by atoms with Crippen LogP contribution < -0.4 is 21.7 Å². The van der Waals surface area contributed by atoms with Crippen LogP contribution >= 0.6 is 0 Å². The second kappa shape index (κ2) is 11.0. The van der Waals surface area contributed by atoms with Crippen LogP contribution in [0.3, 0.4) is 0 Å². The van der Waals surface area contributed by atoms with Crippen LogP contribution in [0.4, 0.5) is 17.5 Å². The highest BCUT2D eigenvalue weighted by Crippen LogP contribution is 2.19. The van der Waals surface area contributed by atoms with Crippen molar-refractivity contribution < 1.29 is 24.2 Å². The Morgan fingerprint density at radius 1 is 1.11 bits per heavy atom. The molecule has 1 atom stereocenters. The molecule has 6 N–H and O–H groups in total. The number of nitrogens with one attached hydrogen (secondary N) is 1. The van der Waals surface area contributed by atoms with Gasteiger partial charge in [0.2, 0.25) is 5.95 Å². The Balaban J connectivity index is 1.62. The first-order chi connectivity index (χ1) is 17.3. The molecule has 0 bridgehead atoms. The van der Waals surface area contributed by atoms with E-state index in [0.717, 1.165) is 5.69 Å². The van der Waals surface area contributed by atoms with E-state index in [1.54, 1.807) is 51.2 Å². The van der Waals surface area contributed by atoms with E-state index in [0.29, 0.717) is 23.4 Å². The highest BCUT2D eigenvalue weighted by Gasteiger charge is 2.24. The predicted molar refractivity (Wildman–Crippen MR) is 136 cm³/mol. The normalized spacial score (nSPS) is 12.1. The van der Waals surface area contributed by atoms with Crippen molar-refractivity contribution in [1.29, 1.82) is 0 Å². The molecule has 0 saturated heterocycles. The summed E-state index contributed by atoms with van der Waals surface area (Å²) in [7, 11) is 1.83. The molecule has 0 radical (unpaired) electrons. The SMILES string of the molecule is CN(Cc1cnc2nc(N)nc(N)c2n1)c1ccc(C(=O)N[C@@H](CCC(=O)OC(C)(C)C)C(=O)O)cc1. The summed E-state index contributed by atoms with van der Waals surface area (Å²) in [6, 6.07) is 5.36. The van der Waals surface area contributed by atoms with Gasteiger partial charge in [-0.3, -0.25) is 9.59 Å². The monoisotopic (exact) mass is 510 g/mol. The third kappa shape index (κ3) is 7.46. The number of nitrogens with zero attached hydrogens (tertiary/aromatic N) is 5. The van der Waals surface area contributed by atoms with Gasteiger partial charge in [0.1, 0.15) is 11.6 Å². The molecule has 0 spiro atoms. The van der Waals surface area contributed by atoms with Crippen molar-refractivity contribution in [2.45, 2.75) is 51.8 Å². The Kier molecular flexibility index (Phi) is 8.05. The van der Waals surface area contributed by atoms with Crippen molar-refractivity contribution in [2.75, 3.05) is 23.4 Å². The molecular weight excluding hydrogens is 480 g/mol. The molecular formula is C24H30N8O5. The molecule has 196 valence electrons. The van der Waals surface area contributed by atoms with Crippen LogP contribution in [0.15, 0.2) is 30.5 Å². The standard InChI is InChI=1S/C24H30N8O5/c1-24(2,3)37-17(33)10-9-16(22(35)36)29-21(34)13-5-7-15(8-6-13)32(4)12-14-11-27-20-18(28-14)19(25)30-23(26)31-20/h5-8,11,16H,9-10,12H2,1-4H3,(H,29,34)(H,35,36)(H4,25,26,27,30,31)/t16-/m0/s1. The largest absolute Gasteiger partial charge is 0.480 e. The number of carbonyl (C=O) groups excluding carboxylic acids is 2. The molecule has 1 aromatic carbocycles. The number of esters is 1. The molecule has 3 rings (SSSR count). The number of benzene rings is 1. The molecule has 2 heterocycles. The van der Waals surface area contributed by atoms with Crippen LogP contribution in [0, 0.1) is 0 Å². The molecule has 0 aliphatic heterocycles. The van der Waals surface area contributed by atoms with Crippen molar-refractivity contribution in [3.8, 4) is 0 Å². The quantitative estimate of drug-likeness (QED) is 0.303. The molecule has 1 amide bonds. The van der Waals surface area contributed by atoms with E-state index < -0.39 is 29.5 Å². The van der Waals surface area contributed by atoms with E-state index in [-0.39, 0.29) is 30.2 Å².